The summed E-state index contributed by atoms with van der Waals surface area (Å²) in [6.45, 7) is 0. The van der Waals surface area contributed by atoms with Gasteiger partial charge in [-0.1, -0.05) is 364 Å². The molecule has 0 atom stereocenters. The standard InChI is InChI=1S/2C44H26N4O.C37H23N3O/c1-3-18-31-27(12-1)14-10-22-33(31)43-46-42(47-44(48-43)34-23-11-15-28-13-2-4-19-32(28)34)30-17-9-16-29(26-30)41-39-35-20-5-7-24-37(35)45-40(39)36-21-6-8-25-38(36)49-41;1-3-12-29-24-33(22-20-27(29)10-1)43-46-42(47-44(48-43)34-23-21-28-11-2-4-13-30(28)25-34)32-15-9-14-31(26-32)41-39-35-16-5-7-18-37(35)45-40(39)36-17-6-8-19-38(36)49-41;1-3-12-24(13-4-1)31-23-32(25-14-5-2-6-15-25)40-37(39-31)27-17-11-16-26(22-27)36-34-28-18-7-9-20-30(28)38-35(34)29-19-8-10-21-33(29)41-36/h2*1-26H;1-23H. The van der Waals surface area contributed by atoms with E-state index in [0.717, 1.165) is 227 Å². The fraction of sp³-hybridized carbons (Fsp3) is 0. The van der Waals surface area contributed by atoms with Crippen molar-refractivity contribution in [3.05, 3.63) is 455 Å². The molecule has 0 N–H and O–H groups in total. The third-order valence-electron chi connectivity index (χ3n) is 26.0. The lowest BCUT2D eigenvalue weighted by molar-refractivity contribution is 0.621. The van der Waals surface area contributed by atoms with Gasteiger partial charge in [-0.25, -0.2) is 54.8 Å². The van der Waals surface area contributed by atoms with Crippen LogP contribution in [0.3, 0.4) is 0 Å². The Hall–Kier alpha value is -19.1. The Bertz CT molecular complexity index is 9320. The lowest BCUT2D eigenvalue weighted by Gasteiger charge is -2.13. The van der Waals surface area contributed by atoms with Gasteiger partial charge in [-0.3, -0.25) is 0 Å². The number of rotatable bonds is 12. The van der Waals surface area contributed by atoms with Crippen molar-refractivity contribution in [3.8, 4) is 170 Å². The molecule has 6 aliphatic rings. The summed E-state index contributed by atoms with van der Waals surface area (Å²) < 4.78 is 20.0. The van der Waals surface area contributed by atoms with Gasteiger partial charge in [0.2, 0.25) is 0 Å². The Morgan fingerprint density at radius 1 is 0.144 bits per heavy atom. The van der Waals surface area contributed by atoms with E-state index in [4.69, 9.17) is 68.1 Å². The van der Waals surface area contributed by atoms with Gasteiger partial charge in [0, 0.05) is 99.1 Å². The topological polar surface area (TPSA) is 181 Å². The summed E-state index contributed by atoms with van der Waals surface area (Å²) in [7, 11) is 0. The summed E-state index contributed by atoms with van der Waals surface area (Å²) >= 11 is 0. The predicted molar refractivity (Wildman–Crippen MR) is 562 cm³/mol. The number of hydrogen-bond donors (Lipinski definition) is 0. The highest BCUT2D eigenvalue weighted by atomic mass is 16.3. The monoisotopic (exact) mass is 1780 g/mol. The number of hydrogen-bond acceptors (Lipinski definition) is 14. The zero-order valence-corrected chi connectivity index (χ0v) is 74.4. The minimum Gasteiger partial charge on any atom is -0.455 e. The van der Waals surface area contributed by atoms with Crippen LogP contribution in [-0.4, -0.2) is 54.8 Å². The molecule has 3 aromatic heterocycles. The third kappa shape index (κ3) is 14.9. The highest BCUT2D eigenvalue weighted by Crippen LogP contribution is 2.50. The van der Waals surface area contributed by atoms with Crippen molar-refractivity contribution in [2.24, 2.45) is 0 Å². The van der Waals surface area contributed by atoms with Gasteiger partial charge in [0.1, 0.15) is 34.0 Å². The van der Waals surface area contributed by atoms with E-state index in [1.165, 1.54) is 10.8 Å². The Balaban J connectivity index is 0.000000108. The van der Waals surface area contributed by atoms with E-state index in [-0.39, 0.29) is 0 Å². The highest BCUT2D eigenvalue weighted by Gasteiger charge is 2.29. The van der Waals surface area contributed by atoms with E-state index in [1.54, 1.807) is 0 Å². The van der Waals surface area contributed by atoms with Crippen molar-refractivity contribution >= 4 is 109 Å². The van der Waals surface area contributed by atoms with Crippen molar-refractivity contribution in [1.29, 1.82) is 0 Å². The summed E-state index contributed by atoms with van der Waals surface area (Å²) in [6.07, 6.45) is 0. The van der Waals surface area contributed by atoms with Gasteiger partial charge in [0.25, 0.3) is 0 Å². The molecular formula is C125H75N11O3. The molecule has 139 heavy (non-hydrogen) atoms. The van der Waals surface area contributed by atoms with Crippen molar-refractivity contribution < 1.29 is 13.3 Å². The van der Waals surface area contributed by atoms with Crippen LogP contribution in [0, 0.1) is 0 Å². The van der Waals surface area contributed by atoms with Crippen LogP contribution in [-0.2, 0) is 0 Å². The smallest absolute Gasteiger partial charge is 0.164 e. The number of para-hydroxylation sites is 6. The fourth-order valence-electron chi connectivity index (χ4n) is 19.4. The molecule has 0 saturated heterocycles. The van der Waals surface area contributed by atoms with Crippen LogP contribution < -0.4 is 0 Å². The first-order chi connectivity index (χ1) is 68.8. The molecule has 0 unspecified atom stereocenters. The van der Waals surface area contributed by atoms with Gasteiger partial charge in [0.15, 0.2) is 40.8 Å². The van der Waals surface area contributed by atoms with Crippen LogP contribution in [0.1, 0.15) is 0 Å². The number of fused-ring (bicyclic) bond motifs is 19. The van der Waals surface area contributed by atoms with Gasteiger partial charge < -0.3 is 13.3 Å². The average molecular weight is 1780 g/mol. The molecule has 0 fully saturated rings. The van der Waals surface area contributed by atoms with Gasteiger partial charge in [-0.05, 0) is 134 Å². The number of nitrogens with zero attached hydrogens (tertiary/aromatic N) is 11. The first kappa shape index (κ1) is 80.8. The maximum atomic E-state index is 6.71. The Kier molecular flexibility index (Phi) is 19.9. The highest BCUT2D eigenvalue weighted by molar-refractivity contribution is 6.14. The third-order valence-corrected chi connectivity index (χ3v) is 26.0. The van der Waals surface area contributed by atoms with Crippen molar-refractivity contribution in [3.63, 3.8) is 0 Å². The Morgan fingerprint density at radius 3 is 0.777 bits per heavy atom. The molecule has 0 saturated carbocycles. The van der Waals surface area contributed by atoms with Crippen molar-refractivity contribution in [2.75, 3.05) is 0 Å². The number of benzene rings is 19. The second kappa shape index (κ2) is 34.2. The molecule has 14 nitrogen and oxygen atoms in total. The SMILES string of the molecule is c1cc(-c2nc(-c3ccc4ccccc4c3)nc(-c3ccc4ccccc4c3)n2)cc(-c2oc3ccccc3c3nc4ccccc4c2-3)c1.c1cc(-c2nc(-c3cccc4ccccc34)nc(-c3cccc4ccccc34)n2)cc(-c2oc3ccccc3c3nc4ccccc4c2-3)c1.c1ccc(-c2cc(-c3ccccc3)nc(-c3cccc(-c4oc5ccccc5c5nc6ccccc6c4-5)c3)n2)cc1. The molecule has 0 bridgehead atoms. The molecule has 0 radical (unpaired) electrons. The molecule has 648 valence electrons. The molecule has 0 aliphatic carbocycles. The van der Waals surface area contributed by atoms with E-state index in [2.05, 4.69) is 303 Å². The first-order valence-corrected chi connectivity index (χ1v) is 46.2. The van der Waals surface area contributed by atoms with Crippen molar-refractivity contribution in [2.45, 2.75) is 0 Å². The molecule has 9 heterocycles. The van der Waals surface area contributed by atoms with E-state index >= 15 is 0 Å². The zero-order chi connectivity index (χ0) is 91.8. The molecule has 0 spiro atoms. The van der Waals surface area contributed by atoms with Crippen LogP contribution >= 0.6 is 0 Å². The quantitative estimate of drug-likeness (QED) is 0.113. The van der Waals surface area contributed by atoms with Gasteiger partial charge >= 0.3 is 0 Å². The van der Waals surface area contributed by atoms with Crippen LogP contribution in [0.2, 0.25) is 0 Å². The van der Waals surface area contributed by atoms with Crippen LogP contribution in [0.4, 0.5) is 0 Å². The maximum absolute atomic E-state index is 6.71. The van der Waals surface area contributed by atoms with Gasteiger partial charge in [0.05, 0.1) is 61.7 Å². The summed E-state index contributed by atoms with van der Waals surface area (Å²) in [5, 5.41) is 15.2. The molecule has 14 heteroatoms. The molecule has 22 aromatic rings. The summed E-state index contributed by atoms with van der Waals surface area (Å²) in [5.41, 5.74) is 24.1. The summed E-state index contributed by atoms with van der Waals surface area (Å²) in [5.74, 6) is 6.65. The lowest BCUT2D eigenvalue weighted by Crippen LogP contribution is -2.01. The predicted octanol–water partition coefficient (Wildman–Crippen LogP) is 32.0. The minimum absolute atomic E-state index is 0.588. The van der Waals surface area contributed by atoms with Crippen LogP contribution in [0.5, 0.6) is 0 Å². The minimum atomic E-state index is 0.588. The Morgan fingerprint density at radius 2 is 0.403 bits per heavy atom. The number of aromatic nitrogens is 11. The zero-order valence-electron chi connectivity index (χ0n) is 74.4. The molecule has 0 amide bonds. The summed E-state index contributed by atoms with van der Waals surface area (Å²) in [6, 6.07) is 155. The molecule has 28 rings (SSSR count). The van der Waals surface area contributed by atoms with Crippen molar-refractivity contribution in [1.82, 2.24) is 54.8 Å². The lowest BCUT2D eigenvalue weighted by atomic mass is 9.98. The fourth-order valence-corrected chi connectivity index (χ4v) is 19.4. The van der Waals surface area contributed by atoms with E-state index in [9.17, 15) is 0 Å². The Labute approximate surface area is 796 Å². The largest absolute Gasteiger partial charge is 0.455 e. The first-order valence-electron chi connectivity index (χ1n) is 46.2. The van der Waals surface area contributed by atoms with E-state index in [1.807, 2.05) is 152 Å². The molecule has 6 aliphatic heterocycles. The van der Waals surface area contributed by atoms with Crippen LogP contribution in [0.25, 0.3) is 279 Å². The van der Waals surface area contributed by atoms with E-state index in [0.29, 0.717) is 40.8 Å². The summed E-state index contributed by atoms with van der Waals surface area (Å²) in [4.78, 5) is 55.9. The average Bonchev–Trinajstić information content (AvgIpc) is 1.62. The normalized spacial score (nSPS) is 11.6. The van der Waals surface area contributed by atoms with Gasteiger partial charge in [-0.2, -0.15) is 0 Å². The second-order valence-electron chi connectivity index (χ2n) is 34.6. The molecule has 19 aromatic carbocycles. The van der Waals surface area contributed by atoms with E-state index < -0.39 is 0 Å². The van der Waals surface area contributed by atoms with Gasteiger partial charge in [-0.15, -0.1) is 0 Å². The maximum Gasteiger partial charge on any atom is 0.164 e. The molecular weight excluding hydrogens is 1700 g/mol. The van der Waals surface area contributed by atoms with Crippen LogP contribution in [0.15, 0.2) is 468 Å². The second-order valence-corrected chi connectivity index (χ2v) is 34.6.